The Balaban J connectivity index is 1.27. The number of carbonyl (C=O) groups is 1. The molecular weight excluding hydrogens is 572 g/mol. The fourth-order valence-electron chi connectivity index (χ4n) is 6.60. The molecule has 0 bridgehead atoms. The third-order valence-electron chi connectivity index (χ3n) is 8.52. The van der Waals surface area contributed by atoms with Gasteiger partial charge in [0.25, 0.3) is 0 Å². The molecule has 0 aromatic heterocycles. The van der Waals surface area contributed by atoms with Gasteiger partial charge in [-0.1, -0.05) is 113 Å². The van der Waals surface area contributed by atoms with Crippen molar-refractivity contribution in [3.8, 4) is 0 Å². The van der Waals surface area contributed by atoms with Crippen molar-refractivity contribution in [2.45, 2.75) is 44.0 Å². The van der Waals surface area contributed by atoms with E-state index in [9.17, 15) is 4.79 Å². The number of para-hydroxylation sites is 1. The first-order valence-corrected chi connectivity index (χ1v) is 15.0. The largest absolute Gasteiger partial charge is 0.445 e. The van der Waals surface area contributed by atoms with E-state index in [0.29, 0.717) is 0 Å². The fraction of sp³-hybridized carbons (Fsp3) is 0.194. The molecule has 5 aromatic rings. The number of hydrogen-bond acceptors (Lipinski definition) is 3. The van der Waals surface area contributed by atoms with Gasteiger partial charge in [0.1, 0.15) is 6.61 Å². The number of anilines is 1. The topological polar surface area (TPSA) is 41.6 Å². The quantitative estimate of drug-likeness (QED) is 0.218. The van der Waals surface area contributed by atoms with Crippen molar-refractivity contribution in [3.05, 3.63) is 148 Å². The number of rotatable bonds is 5. The van der Waals surface area contributed by atoms with Crippen molar-refractivity contribution in [3.63, 3.8) is 0 Å². The van der Waals surface area contributed by atoms with Crippen LogP contribution >= 0.6 is 15.9 Å². The van der Waals surface area contributed by atoms with Gasteiger partial charge in [-0.2, -0.15) is 0 Å². The highest BCUT2D eigenvalue weighted by Gasteiger charge is 2.41. The van der Waals surface area contributed by atoms with Crippen molar-refractivity contribution >= 4 is 38.5 Å². The standard InChI is InChI=1S/C36H31BrN2O2/c37-30-18-15-26(16-19-30)34-22-32(38-36(40)41-23-24-7-2-1-3-8-24)31-12-6-11-27-17-20-33(39(34)35(27)31)29-14-13-25-9-4-5-10-28(25)21-29/h1-16,18-19,21,32-34H,17,20,22-23H2,(H,38,40)/t32-,33-,34-/m0/s1. The zero-order valence-corrected chi connectivity index (χ0v) is 24.3. The Hall–Kier alpha value is -4.09. The normalized spacial score (nSPS) is 19.4. The summed E-state index contributed by atoms with van der Waals surface area (Å²) in [6, 6.07) is 40.6. The smallest absolute Gasteiger partial charge is 0.407 e. The number of amides is 1. The van der Waals surface area contributed by atoms with Crippen LogP contribution in [0.5, 0.6) is 0 Å². The summed E-state index contributed by atoms with van der Waals surface area (Å²) in [6.07, 6.45) is 2.40. The van der Waals surface area contributed by atoms with E-state index >= 15 is 0 Å². The van der Waals surface area contributed by atoms with Crippen LogP contribution in [-0.4, -0.2) is 6.09 Å². The van der Waals surface area contributed by atoms with E-state index in [-0.39, 0.29) is 30.8 Å². The second kappa shape index (κ2) is 11.1. The van der Waals surface area contributed by atoms with Gasteiger partial charge >= 0.3 is 6.09 Å². The van der Waals surface area contributed by atoms with Crippen LogP contribution < -0.4 is 10.2 Å². The van der Waals surface area contributed by atoms with Gasteiger partial charge in [0, 0.05) is 10.2 Å². The number of ether oxygens (including phenoxy) is 1. The molecule has 0 unspecified atom stereocenters. The van der Waals surface area contributed by atoms with Crippen LogP contribution in [0.1, 0.15) is 58.8 Å². The molecule has 1 amide bonds. The number of hydrogen-bond donors (Lipinski definition) is 1. The Morgan fingerprint density at radius 3 is 2.39 bits per heavy atom. The van der Waals surface area contributed by atoms with E-state index < -0.39 is 0 Å². The summed E-state index contributed by atoms with van der Waals surface area (Å²) in [5.41, 5.74) is 7.31. The maximum absolute atomic E-state index is 13.1. The van der Waals surface area contributed by atoms with Crippen LogP contribution in [0.4, 0.5) is 10.5 Å². The van der Waals surface area contributed by atoms with Crippen LogP contribution in [-0.2, 0) is 17.8 Å². The maximum atomic E-state index is 13.1. The molecule has 5 aromatic carbocycles. The maximum Gasteiger partial charge on any atom is 0.407 e. The highest BCUT2D eigenvalue weighted by Crippen LogP contribution is 2.53. The first kappa shape index (κ1) is 25.8. The van der Waals surface area contributed by atoms with E-state index in [1.165, 1.54) is 33.2 Å². The molecule has 204 valence electrons. The second-order valence-electron chi connectivity index (χ2n) is 11.0. The number of alkyl carbamates (subject to hydrolysis) is 1. The Kier molecular flexibility index (Phi) is 6.97. The molecule has 0 radical (unpaired) electrons. The highest BCUT2D eigenvalue weighted by molar-refractivity contribution is 9.10. The number of halogens is 1. The predicted octanol–water partition coefficient (Wildman–Crippen LogP) is 9.21. The molecule has 3 atom stereocenters. The Morgan fingerprint density at radius 1 is 0.805 bits per heavy atom. The average molecular weight is 604 g/mol. The van der Waals surface area contributed by atoms with E-state index in [0.717, 1.165) is 34.9 Å². The molecule has 41 heavy (non-hydrogen) atoms. The summed E-state index contributed by atoms with van der Waals surface area (Å²) in [6.45, 7) is 0.249. The molecule has 7 rings (SSSR count). The predicted molar refractivity (Wildman–Crippen MR) is 168 cm³/mol. The first-order valence-electron chi connectivity index (χ1n) is 14.3. The molecule has 0 fully saturated rings. The third-order valence-corrected chi connectivity index (χ3v) is 9.05. The third kappa shape index (κ3) is 5.11. The van der Waals surface area contributed by atoms with Gasteiger partial charge in [0.2, 0.25) is 0 Å². The van der Waals surface area contributed by atoms with Crippen LogP contribution in [0.25, 0.3) is 10.8 Å². The molecule has 2 aliphatic heterocycles. The summed E-state index contributed by atoms with van der Waals surface area (Å²) in [5.74, 6) is 0. The molecule has 0 aliphatic carbocycles. The lowest BCUT2D eigenvalue weighted by molar-refractivity contribution is 0.134. The number of carbonyl (C=O) groups excluding carboxylic acids is 1. The van der Waals surface area contributed by atoms with Crippen LogP contribution in [0, 0.1) is 0 Å². The van der Waals surface area contributed by atoms with Gasteiger partial charge in [0.05, 0.1) is 18.1 Å². The number of nitrogens with zero attached hydrogens (tertiary/aromatic N) is 1. The minimum absolute atomic E-state index is 0.0907. The van der Waals surface area contributed by atoms with Crippen LogP contribution in [0.15, 0.2) is 120 Å². The van der Waals surface area contributed by atoms with Crippen molar-refractivity contribution in [2.75, 3.05) is 4.90 Å². The second-order valence-corrected chi connectivity index (χ2v) is 11.9. The number of benzene rings is 5. The van der Waals surface area contributed by atoms with Crippen molar-refractivity contribution in [2.24, 2.45) is 0 Å². The van der Waals surface area contributed by atoms with Crippen molar-refractivity contribution in [1.29, 1.82) is 0 Å². The lowest BCUT2D eigenvalue weighted by Gasteiger charge is -2.50. The zero-order chi connectivity index (χ0) is 27.8. The molecule has 0 saturated carbocycles. The first-order chi connectivity index (χ1) is 20.1. The summed E-state index contributed by atoms with van der Waals surface area (Å²) in [4.78, 5) is 15.7. The van der Waals surface area contributed by atoms with E-state index in [1.54, 1.807) is 0 Å². The van der Waals surface area contributed by atoms with Gasteiger partial charge in [0.15, 0.2) is 0 Å². The van der Waals surface area contributed by atoms with Gasteiger partial charge in [-0.3, -0.25) is 0 Å². The summed E-state index contributed by atoms with van der Waals surface area (Å²) in [5, 5.41) is 5.76. The Morgan fingerprint density at radius 2 is 1.56 bits per heavy atom. The molecule has 4 nitrogen and oxygen atoms in total. The minimum Gasteiger partial charge on any atom is -0.445 e. The molecule has 0 spiro atoms. The number of fused-ring (bicyclic) bond motifs is 1. The molecule has 0 saturated heterocycles. The van der Waals surface area contributed by atoms with E-state index in [1.807, 2.05) is 30.3 Å². The zero-order valence-electron chi connectivity index (χ0n) is 22.7. The van der Waals surface area contributed by atoms with Gasteiger partial charge in [-0.15, -0.1) is 0 Å². The monoisotopic (exact) mass is 602 g/mol. The molecule has 1 N–H and O–H groups in total. The number of nitrogens with one attached hydrogen (secondary N) is 1. The summed E-state index contributed by atoms with van der Waals surface area (Å²) < 4.78 is 6.72. The molecular formula is C36H31BrN2O2. The lowest BCUT2D eigenvalue weighted by Crippen LogP contribution is -2.44. The van der Waals surface area contributed by atoms with Crippen molar-refractivity contribution in [1.82, 2.24) is 5.32 Å². The summed E-state index contributed by atoms with van der Waals surface area (Å²) >= 11 is 3.62. The Labute approximate surface area is 249 Å². The van der Waals surface area contributed by atoms with E-state index in [4.69, 9.17) is 4.74 Å². The molecule has 5 heteroatoms. The van der Waals surface area contributed by atoms with Gasteiger partial charge in [-0.25, -0.2) is 4.79 Å². The van der Waals surface area contributed by atoms with Crippen molar-refractivity contribution < 1.29 is 9.53 Å². The SMILES string of the molecule is O=C(N[C@H]1C[C@@H](c2ccc(Br)cc2)N2c3c(cccc31)CC[C@H]2c1ccc2ccccc2c1)OCc1ccccc1. The molecule has 2 heterocycles. The van der Waals surface area contributed by atoms with Crippen LogP contribution in [0.2, 0.25) is 0 Å². The number of aryl methyl sites for hydroxylation is 1. The van der Waals surface area contributed by atoms with Gasteiger partial charge < -0.3 is 15.0 Å². The van der Waals surface area contributed by atoms with E-state index in [2.05, 4.69) is 111 Å². The highest BCUT2D eigenvalue weighted by atomic mass is 79.9. The average Bonchev–Trinajstić information content (AvgIpc) is 3.02. The summed E-state index contributed by atoms with van der Waals surface area (Å²) in [7, 11) is 0. The van der Waals surface area contributed by atoms with Crippen LogP contribution in [0.3, 0.4) is 0 Å². The molecule has 2 aliphatic rings. The lowest BCUT2D eigenvalue weighted by atomic mass is 9.79. The fourth-order valence-corrected chi connectivity index (χ4v) is 6.86. The minimum atomic E-state index is -0.388. The Bertz CT molecular complexity index is 1700. The van der Waals surface area contributed by atoms with Gasteiger partial charge in [-0.05, 0) is 76.1 Å².